The van der Waals surface area contributed by atoms with Gasteiger partial charge in [0.15, 0.2) is 0 Å². The zero-order valence-corrected chi connectivity index (χ0v) is 20.9. The van der Waals surface area contributed by atoms with E-state index < -0.39 is 60.2 Å². The first-order valence-electron chi connectivity index (χ1n) is 11.2. The van der Waals surface area contributed by atoms with Crippen LogP contribution in [0, 0.1) is 5.92 Å². The zero-order valence-electron chi connectivity index (χ0n) is 20.0. The average Bonchev–Trinajstić information content (AvgIpc) is 2.74. The van der Waals surface area contributed by atoms with Crippen LogP contribution in [-0.2, 0) is 24.0 Å². The number of thioether (sulfide) groups is 1. The third-order valence-electron chi connectivity index (χ3n) is 4.88. The van der Waals surface area contributed by atoms with Crippen LogP contribution >= 0.6 is 11.8 Å². The monoisotopic (exact) mass is 505 g/mol. The molecule has 34 heavy (non-hydrogen) atoms. The molecule has 4 unspecified atom stereocenters. The molecule has 0 aromatic heterocycles. The summed E-state index contributed by atoms with van der Waals surface area (Å²) in [6, 6.07) is -4.66. The Kier molecular flexibility index (Phi) is 15.9. The molecule has 0 aliphatic carbocycles. The van der Waals surface area contributed by atoms with Crippen molar-refractivity contribution in [2.45, 2.75) is 76.5 Å². The second-order valence-corrected chi connectivity index (χ2v) is 9.41. The van der Waals surface area contributed by atoms with Gasteiger partial charge in [-0.05, 0) is 56.6 Å². The summed E-state index contributed by atoms with van der Waals surface area (Å²) in [5, 5.41) is 25.7. The van der Waals surface area contributed by atoms with Crippen molar-refractivity contribution in [1.82, 2.24) is 16.0 Å². The maximum Gasteiger partial charge on any atom is 0.326 e. The Balaban J connectivity index is 5.48. The van der Waals surface area contributed by atoms with Crippen molar-refractivity contribution in [3.63, 3.8) is 0 Å². The molecule has 196 valence electrons. The molecule has 0 bridgehead atoms. The van der Waals surface area contributed by atoms with E-state index in [2.05, 4.69) is 16.0 Å². The number of carbonyl (C=O) groups excluding carboxylic acids is 3. The van der Waals surface area contributed by atoms with Crippen LogP contribution in [0.2, 0.25) is 0 Å². The summed E-state index contributed by atoms with van der Waals surface area (Å²) in [7, 11) is 0. The molecule has 0 aromatic rings. The van der Waals surface area contributed by atoms with Crippen molar-refractivity contribution in [3.8, 4) is 0 Å². The Bertz CT molecular complexity index is 692. The van der Waals surface area contributed by atoms with Crippen molar-refractivity contribution >= 4 is 41.4 Å². The molecular weight excluding hydrogens is 466 g/mol. The predicted molar refractivity (Wildman–Crippen MR) is 129 cm³/mol. The summed E-state index contributed by atoms with van der Waals surface area (Å²) in [5.74, 6) is -4.26. The second-order valence-electron chi connectivity index (χ2n) is 8.42. The number of carbonyl (C=O) groups is 5. The normalized spacial score (nSPS) is 14.5. The number of hydrogen-bond acceptors (Lipinski definition) is 8. The Labute approximate surface area is 204 Å². The lowest BCUT2D eigenvalue weighted by molar-refractivity contribution is -0.143. The van der Waals surface area contributed by atoms with Crippen molar-refractivity contribution in [1.29, 1.82) is 0 Å². The molecule has 0 spiro atoms. The molecule has 0 saturated heterocycles. The maximum absolute atomic E-state index is 12.9. The van der Waals surface area contributed by atoms with Crippen molar-refractivity contribution in [2.75, 3.05) is 18.6 Å². The van der Waals surface area contributed by atoms with Crippen molar-refractivity contribution in [2.24, 2.45) is 17.4 Å². The number of nitrogens with one attached hydrogen (secondary N) is 3. The van der Waals surface area contributed by atoms with E-state index in [-0.39, 0.29) is 18.8 Å². The first kappa shape index (κ1) is 31.6. The predicted octanol–water partition coefficient (Wildman–Crippen LogP) is -0.744. The van der Waals surface area contributed by atoms with Crippen molar-refractivity contribution < 1.29 is 34.2 Å². The number of rotatable bonds is 18. The van der Waals surface area contributed by atoms with Gasteiger partial charge in [0.1, 0.15) is 18.1 Å². The highest BCUT2D eigenvalue weighted by molar-refractivity contribution is 7.98. The third kappa shape index (κ3) is 13.4. The molecule has 0 aliphatic rings. The van der Waals surface area contributed by atoms with Gasteiger partial charge in [0, 0.05) is 0 Å². The standard InChI is InChI=1S/C21H39N5O7S/c1-12(2)10-13(23)18(29)24-14(6-4-5-8-22)19(30)26-16(11-17(27)28)20(31)25-15(21(32)33)7-9-34-3/h12-16H,4-11,22-23H2,1-3H3,(H,24,29)(H,25,31)(H,26,30)(H,27,28)(H,32,33). The fourth-order valence-electron chi connectivity index (χ4n) is 3.08. The summed E-state index contributed by atoms with van der Waals surface area (Å²) in [6.45, 7) is 4.18. The molecule has 3 amide bonds. The lowest BCUT2D eigenvalue weighted by Crippen LogP contribution is -2.57. The smallest absolute Gasteiger partial charge is 0.326 e. The number of unbranched alkanes of at least 4 members (excludes halogenated alkanes) is 1. The molecule has 0 radical (unpaired) electrons. The van der Waals surface area contributed by atoms with Gasteiger partial charge in [-0.1, -0.05) is 13.8 Å². The SMILES string of the molecule is CSCCC(NC(=O)C(CC(=O)O)NC(=O)C(CCCCN)NC(=O)C(N)CC(C)C)C(=O)O. The lowest BCUT2D eigenvalue weighted by atomic mass is 10.0. The average molecular weight is 506 g/mol. The van der Waals surface area contributed by atoms with E-state index >= 15 is 0 Å². The van der Waals surface area contributed by atoms with Gasteiger partial charge in [-0.3, -0.25) is 19.2 Å². The fraction of sp³-hybridized carbons (Fsp3) is 0.762. The number of carboxylic acid groups (broad SMARTS) is 2. The summed E-state index contributed by atoms with van der Waals surface area (Å²) in [4.78, 5) is 60.7. The molecule has 12 nitrogen and oxygen atoms in total. The number of amides is 3. The zero-order chi connectivity index (χ0) is 26.3. The third-order valence-corrected chi connectivity index (χ3v) is 5.52. The Morgan fingerprint density at radius 3 is 1.91 bits per heavy atom. The first-order chi connectivity index (χ1) is 15.9. The van der Waals surface area contributed by atoms with Crippen LogP contribution in [0.15, 0.2) is 0 Å². The first-order valence-corrected chi connectivity index (χ1v) is 12.6. The van der Waals surface area contributed by atoms with E-state index in [0.717, 1.165) is 0 Å². The largest absolute Gasteiger partial charge is 0.481 e. The number of carboxylic acids is 2. The second kappa shape index (κ2) is 17.1. The highest BCUT2D eigenvalue weighted by Crippen LogP contribution is 2.07. The van der Waals surface area contributed by atoms with Crippen molar-refractivity contribution in [3.05, 3.63) is 0 Å². The summed E-state index contributed by atoms with van der Waals surface area (Å²) in [5.41, 5.74) is 11.4. The molecule has 0 aromatic carbocycles. The van der Waals surface area contributed by atoms with Gasteiger partial charge < -0.3 is 37.6 Å². The molecule has 0 saturated carbocycles. The molecule has 4 atom stereocenters. The van der Waals surface area contributed by atoms with Gasteiger partial charge in [-0.2, -0.15) is 11.8 Å². The van der Waals surface area contributed by atoms with Crippen LogP contribution < -0.4 is 27.4 Å². The van der Waals surface area contributed by atoms with E-state index in [1.165, 1.54) is 11.8 Å². The molecule has 0 aliphatic heterocycles. The Morgan fingerprint density at radius 2 is 1.41 bits per heavy atom. The number of aliphatic carboxylic acids is 2. The minimum absolute atomic E-state index is 0.126. The van der Waals surface area contributed by atoms with Gasteiger partial charge in [-0.15, -0.1) is 0 Å². The highest BCUT2D eigenvalue weighted by Gasteiger charge is 2.31. The Hall–Kier alpha value is -2.38. The Morgan fingerprint density at radius 1 is 0.853 bits per heavy atom. The summed E-state index contributed by atoms with van der Waals surface area (Å²) in [6.07, 6.45) is 2.84. The minimum atomic E-state index is -1.53. The van der Waals surface area contributed by atoms with E-state index in [0.29, 0.717) is 31.6 Å². The summed E-state index contributed by atoms with van der Waals surface area (Å²) >= 11 is 1.39. The van der Waals surface area contributed by atoms with Crippen LogP contribution in [0.1, 0.15) is 52.4 Å². The van der Waals surface area contributed by atoms with Gasteiger partial charge in [-0.25, -0.2) is 4.79 Å². The number of nitrogens with two attached hydrogens (primary N) is 2. The molecule has 0 rings (SSSR count). The quantitative estimate of drug-likeness (QED) is 0.116. The number of hydrogen-bond donors (Lipinski definition) is 7. The molecule has 13 heteroatoms. The van der Waals surface area contributed by atoms with Gasteiger partial charge in [0.25, 0.3) is 0 Å². The topological polar surface area (TPSA) is 214 Å². The van der Waals surface area contributed by atoms with Crippen LogP contribution in [0.5, 0.6) is 0 Å². The van der Waals surface area contributed by atoms with E-state index in [4.69, 9.17) is 11.5 Å². The van der Waals surface area contributed by atoms with Crippen LogP contribution in [-0.4, -0.2) is 82.6 Å². The highest BCUT2D eigenvalue weighted by atomic mass is 32.2. The van der Waals surface area contributed by atoms with Gasteiger partial charge in [0.2, 0.25) is 17.7 Å². The van der Waals surface area contributed by atoms with E-state index in [1.807, 2.05) is 13.8 Å². The van der Waals surface area contributed by atoms with Crippen LogP contribution in [0.4, 0.5) is 0 Å². The fourth-order valence-corrected chi connectivity index (χ4v) is 3.55. The maximum atomic E-state index is 12.9. The van der Waals surface area contributed by atoms with Gasteiger partial charge in [0.05, 0.1) is 12.5 Å². The molecule has 9 N–H and O–H groups in total. The van der Waals surface area contributed by atoms with E-state index in [1.54, 1.807) is 6.26 Å². The summed E-state index contributed by atoms with van der Waals surface area (Å²) < 4.78 is 0. The molecule has 0 fully saturated rings. The van der Waals surface area contributed by atoms with Crippen LogP contribution in [0.3, 0.4) is 0 Å². The lowest BCUT2D eigenvalue weighted by Gasteiger charge is -2.25. The minimum Gasteiger partial charge on any atom is -0.481 e. The van der Waals surface area contributed by atoms with E-state index in [9.17, 15) is 34.2 Å². The molecular formula is C21H39N5O7S. The molecule has 0 heterocycles. The van der Waals surface area contributed by atoms with Gasteiger partial charge >= 0.3 is 11.9 Å². The van der Waals surface area contributed by atoms with Crippen LogP contribution in [0.25, 0.3) is 0 Å².